The summed E-state index contributed by atoms with van der Waals surface area (Å²) in [5, 5.41) is 0.677. The molecule has 3 heterocycles. The van der Waals surface area contributed by atoms with Crippen molar-refractivity contribution in [3.8, 4) is 0 Å². The largest absolute Gasteiger partial charge is 0.466 e. The number of esters is 1. The van der Waals surface area contributed by atoms with Gasteiger partial charge in [0.25, 0.3) is 5.91 Å². The van der Waals surface area contributed by atoms with Crippen molar-refractivity contribution in [3.63, 3.8) is 0 Å². The fourth-order valence-corrected chi connectivity index (χ4v) is 5.12. The van der Waals surface area contributed by atoms with E-state index in [1.165, 1.54) is 17.3 Å². The van der Waals surface area contributed by atoms with Gasteiger partial charge < -0.3 is 19.0 Å². The summed E-state index contributed by atoms with van der Waals surface area (Å²) in [6.07, 6.45) is 1.22. The number of hydrogen-bond donors (Lipinski definition) is 0. The van der Waals surface area contributed by atoms with Crippen LogP contribution in [0.4, 0.5) is 5.82 Å². The zero-order valence-electron chi connectivity index (χ0n) is 22.6. The van der Waals surface area contributed by atoms with Crippen molar-refractivity contribution in [2.45, 2.75) is 57.0 Å². The number of ether oxygens (including phenoxy) is 1. The maximum absolute atomic E-state index is 13.0. The molecule has 2 aromatic heterocycles. The van der Waals surface area contributed by atoms with Crippen LogP contribution < -0.4 is 4.90 Å². The second-order valence-corrected chi connectivity index (χ2v) is 10.7. The Morgan fingerprint density at radius 3 is 2.55 bits per heavy atom. The Kier molecular flexibility index (Phi) is 9.44. The van der Waals surface area contributed by atoms with Gasteiger partial charge in [0.2, 0.25) is 0 Å². The van der Waals surface area contributed by atoms with Crippen molar-refractivity contribution in [3.05, 3.63) is 71.3 Å². The lowest BCUT2D eigenvalue weighted by atomic mass is 9.97. The molecule has 1 amide bonds. The van der Waals surface area contributed by atoms with Crippen molar-refractivity contribution in [2.24, 2.45) is 5.92 Å². The molecule has 38 heavy (non-hydrogen) atoms. The molecular formula is C29H36N4O4S. The molecule has 202 valence electrons. The molecule has 0 N–H and O–H groups in total. The lowest BCUT2D eigenvalue weighted by molar-refractivity contribution is -0.149. The Balaban J connectivity index is 1.37. The molecule has 9 heteroatoms. The lowest BCUT2D eigenvalue weighted by Crippen LogP contribution is -2.40. The van der Waals surface area contributed by atoms with E-state index < -0.39 is 0 Å². The summed E-state index contributed by atoms with van der Waals surface area (Å²) in [5.41, 5.74) is 2.20. The number of thioether (sulfide) groups is 1. The first-order chi connectivity index (χ1) is 18.3. The number of carbonyl (C=O) groups is 2. The fourth-order valence-electron chi connectivity index (χ4n) is 4.36. The van der Waals surface area contributed by atoms with E-state index >= 15 is 0 Å². The SMILES string of the molecule is CCOC(=O)C1CCN(C(=O)c2ccc(CSc3nc(C(C)C)cc(N(C)Cc4ccccc4)n3)o2)CC1. The Morgan fingerprint density at radius 2 is 1.87 bits per heavy atom. The highest BCUT2D eigenvalue weighted by Crippen LogP contribution is 2.27. The van der Waals surface area contributed by atoms with E-state index in [1.54, 1.807) is 17.9 Å². The van der Waals surface area contributed by atoms with Gasteiger partial charge in [-0.2, -0.15) is 0 Å². The molecule has 0 aliphatic carbocycles. The minimum absolute atomic E-state index is 0.138. The van der Waals surface area contributed by atoms with Crippen LogP contribution in [0.15, 0.2) is 58.1 Å². The standard InChI is InChI=1S/C29H36N4O4S/c1-5-36-28(35)22-13-15-33(16-14-22)27(34)25-12-11-23(37-25)19-38-29-30-24(20(2)3)17-26(31-29)32(4)18-21-9-7-6-8-10-21/h6-12,17,20,22H,5,13-16,18-19H2,1-4H3. The van der Waals surface area contributed by atoms with Gasteiger partial charge in [0.05, 0.1) is 18.3 Å². The number of nitrogens with zero attached hydrogens (tertiary/aromatic N) is 4. The average molecular weight is 537 g/mol. The normalized spacial score (nSPS) is 14.1. The smallest absolute Gasteiger partial charge is 0.309 e. The van der Waals surface area contributed by atoms with Gasteiger partial charge in [0.15, 0.2) is 10.9 Å². The first-order valence-corrected chi connectivity index (χ1v) is 14.1. The van der Waals surface area contributed by atoms with Crippen LogP contribution in [0.5, 0.6) is 0 Å². The Hall–Kier alpha value is -3.33. The molecule has 3 aromatic rings. The number of benzene rings is 1. The van der Waals surface area contributed by atoms with E-state index in [0.717, 1.165) is 18.1 Å². The summed E-state index contributed by atoms with van der Waals surface area (Å²) in [5.74, 6) is 2.20. The van der Waals surface area contributed by atoms with Crippen LogP contribution in [0.25, 0.3) is 0 Å². The quantitative estimate of drug-likeness (QED) is 0.190. The van der Waals surface area contributed by atoms with Crippen LogP contribution in [0.2, 0.25) is 0 Å². The molecule has 1 aromatic carbocycles. The van der Waals surface area contributed by atoms with Crippen LogP contribution in [0.1, 0.15) is 67.1 Å². The molecule has 0 radical (unpaired) electrons. The van der Waals surface area contributed by atoms with Gasteiger partial charge in [0, 0.05) is 38.4 Å². The highest BCUT2D eigenvalue weighted by Gasteiger charge is 2.29. The molecule has 1 fully saturated rings. The van der Waals surface area contributed by atoms with Crippen LogP contribution in [0.3, 0.4) is 0 Å². The summed E-state index contributed by atoms with van der Waals surface area (Å²) in [7, 11) is 2.04. The summed E-state index contributed by atoms with van der Waals surface area (Å²) < 4.78 is 11.0. The van der Waals surface area contributed by atoms with Crippen molar-refractivity contribution >= 4 is 29.5 Å². The highest BCUT2D eigenvalue weighted by atomic mass is 32.2. The minimum atomic E-state index is -0.171. The number of carbonyl (C=O) groups excluding carboxylic acids is 2. The van der Waals surface area contributed by atoms with Crippen molar-refractivity contribution < 1.29 is 18.7 Å². The molecule has 1 aliphatic rings. The number of anilines is 1. The highest BCUT2D eigenvalue weighted by molar-refractivity contribution is 7.98. The molecule has 8 nitrogen and oxygen atoms in total. The van der Waals surface area contributed by atoms with E-state index in [0.29, 0.717) is 55.0 Å². The number of hydrogen-bond acceptors (Lipinski definition) is 8. The average Bonchev–Trinajstić information content (AvgIpc) is 3.41. The summed E-state index contributed by atoms with van der Waals surface area (Å²) in [4.78, 5) is 38.4. The van der Waals surface area contributed by atoms with Crippen LogP contribution in [-0.2, 0) is 21.8 Å². The van der Waals surface area contributed by atoms with E-state index in [-0.39, 0.29) is 23.7 Å². The molecular weight excluding hydrogens is 500 g/mol. The third-order valence-electron chi connectivity index (χ3n) is 6.58. The fraction of sp³-hybridized carbons (Fsp3) is 0.448. The number of piperidine rings is 1. The molecule has 0 spiro atoms. The predicted octanol–water partition coefficient (Wildman–Crippen LogP) is 5.54. The van der Waals surface area contributed by atoms with Gasteiger partial charge in [-0.3, -0.25) is 9.59 Å². The summed E-state index contributed by atoms with van der Waals surface area (Å²) in [6, 6.07) is 15.9. The Bertz CT molecular complexity index is 1220. The maximum atomic E-state index is 13.0. The van der Waals surface area contributed by atoms with Gasteiger partial charge >= 0.3 is 5.97 Å². The first-order valence-electron chi connectivity index (χ1n) is 13.2. The van der Waals surface area contributed by atoms with Crippen molar-refractivity contribution in [2.75, 3.05) is 31.6 Å². The number of aromatic nitrogens is 2. The number of furan rings is 1. The predicted molar refractivity (Wildman–Crippen MR) is 148 cm³/mol. The molecule has 0 saturated carbocycles. The Labute approximate surface area is 228 Å². The molecule has 0 bridgehead atoms. The van der Waals surface area contributed by atoms with E-state index in [9.17, 15) is 9.59 Å². The third-order valence-corrected chi connectivity index (χ3v) is 7.44. The van der Waals surface area contributed by atoms with Gasteiger partial charge in [-0.1, -0.05) is 55.9 Å². The summed E-state index contributed by atoms with van der Waals surface area (Å²) in [6.45, 7) is 8.21. The molecule has 0 unspecified atom stereocenters. The monoisotopic (exact) mass is 536 g/mol. The zero-order valence-corrected chi connectivity index (χ0v) is 23.4. The van der Waals surface area contributed by atoms with E-state index in [2.05, 4.69) is 30.9 Å². The summed E-state index contributed by atoms with van der Waals surface area (Å²) >= 11 is 1.49. The molecule has 4 rings (SSSR count). The van der Waals surface area contributed by atoms with Crippen molar-refractivity contribution in [1.29, 1.82) is 0 Å². The van der Waals surface area contributed by atoms with Gasteiger partial charge in [-0.25, -0.2) is 9.97 Å². The third kappa shape index (κ3) is 7.16. The van der Waals surface area contributed by atoms with Crippen LogP contribution in [0, 0.1) is 5.92 Å². The van der Waals surface area contributed by atoms with Crippen molar-refractivity contribution in [1.82, 2.24) is 14.9 Å². The van der Waals surface area contributed by atoms with Gasteiger partial charge in [-0.15, -0.1) is 0 Å². The molecule has 1 saturated heterocycles. The van der Waals surface area contributed by atoms with Gasteiger partial charge in [-0.05, 0) is 43.4 Å². The maximum Gasteiger partial charge on any atom is 0.309 e. The van der Waals surface area contributed by atoms with Crippen LogP contribution >= 0.6 is 11.8 Å². The first kappa shape index (κ1) is 27.7. The zero-order chi connectivity index (χ0) is 27.1. The number of amides is 1. The molecule has 1 aliphatic heterocycles. The van der Waals surface area contributed by atoms with E-state index in [1.807, 2.05) is 37.4 Å². The van der Waals surface area contributed by atoms with E-state index in [4.69, 9.17) is 19.1 Å². The molecule has 0 atom stereocenters. The topological polar surface area (TPSA) is 88.8 Å². The second-order valence-electron chi connectivity index (χ2n) is 9.80. The van der Waals surface area contributed by atoms with Crippen LogP contribution in [-0.4, -0.2) is 53.5 Å². The minimum Gasteiger partial charge on any atom is -0.466 e. The van der Waals surface area contributed by atoms with Gasteiger partial charge in [0.1, 0.15) is 11.6 Å². The Morgan fingerprint density at radius 1 is 1.13 bits per heavy atom. The number of likely N-dealkylation sites (tertiary alicyclic amines) is 1. The lowest BCUT2D eigenvalue weighted by Gasteiger charge is -2.30. The number of rotatable bonds is 10. The second kappa shape index (κ2) is 13.0.